The Labute approximate surface area is 118 Å². The van der Waals surface area contributed by atoms with Crippen LogP contribution in [0.5, 0.6) is 0 Å². The van der Waals surface area contributed by atoms with Crippen LogP contribution in [0.15, 0.2) is 46.0 Å². The second kappa shape index (κ2) is 5.34. The highest BCUT2D eigenvalue weighted by Gasteiger charge is 2.17. The third-order valence-corrected chi connectivity index (χ3v) is 3.87. The van der Waals surface area contributed by atoms with Gasteiger partial charge in [-0.1, -0.05) is 15.9 Å². The van der Waals surface area contributed by atoms with E-state index < -0.39 is 10.0 Å². The summed E-state index contributed by atoms with van der Waals surface area (Å²) in [7, 11) is -3.82. The molecule has 0 radical (unpaired) electrons. The number of benzene rings is 1. The van der Waals surface area contributed by atoms with E-state index in [0.29, 0.717) is 4.47 Å². The van der Waals surface area contributed by atoms with Crippen molar-refractivity contribution in [3.63, 3.8) is 0 Å². The van der Waals surface area contributed by atoms with Crippen LogP contribution in [0.1, 0.15) is 5.56 Å². The minimum atomic E-state index is -3.82. The molecule has 0 saturated heterocycles. The zero-order valence-electron chi connectivity index (χ0n) is 9.41. The average Bonchev–Trinajstić information content (AvgIpc) is 2.38. The maximum absolute atomic E-state index is 12.1. The lowest BCUT2D eigenvalue weighted by atomic mass is 10.2. The summed E-state index contributed by atoms with van der Waals surface area (Å²) in [6.45, 7) is 0. The van der Waals surface area contributed by atoms with E-state index in [4.69, 9.17) is 5.26 Å². The summed E-state index contributed by atoms with van der Waals surface area (Å²) < 4.78 is 26.9. The standard InChI is InChI=1S/C11H7BrN4O2S/c12-9-4-8(7-13)5-10(6-9)19(17,18)16-11-14-2-1-3-15-11/h1-6H,(H,14,15,16). The van der Waals surface area contributed by atoms with Gasteiger partial charge >= 0.3 is 0 Å². The lowest BCUT2D eigenvalue weighted by molar-refractivity contribution is 0.600. The molecule has 2 rings (SSSR count). The molecule has 2 aromatic rings. The van der Waals surface area contributed by atoms with Crippen LogP contribution < -0.4 is 4.72 Å². The summed E-state index contributed by atoms with van der Waals surface area (Å²) in [5, 5.41) is 8.83. The van der Waals surface area contributed by atoms with Crippen LogP contribution >= 0.6 is 15.9 Å². The molecule has 1 N–H and O–H groups in total. The Kier molecular flexibility index (Phi) is 3.78. The fourth-order valence-corrected chi connectivity index (χ4v) is 2.99. The van der Waals surface area contributed by atoms with Gasteiger partial charge in [-0.25, -0.2) is 23.1 Å². The van der Waals surface area contributed by atoms with Crippen molar-refractivity contribution in [2.75, 3.05) is 4.72 Å². The van der Waals surface area contributed by atoms with E-state index in [1.807, 2.05) is 6.07 Å². The fourth-order valence-electron chi connectivity index (χ4n) is 1.31. The zero-order valence-corrected chi connectivity index (χ0v) is 11.8. The number of hydrogen-bond acceptors (Lipinski definition) is 5. The summed E-state index contributed by atoms with van der Waals surface area (Å²) in [5.41, 5.74) is 0.240. The minimum absolute atomic E-state index is 0.0269. The average molecular weight is 339 g/mol. The molecule has 8 heteroatoms. The highest BCUT2D eigenvalue weighted by Crippen LogP contribution is 2.20. The third kappa shape index (κ3) is 3.27. The molecule has 0 bridgehead atoms. The van der Waals surface area contributed by atoms with Crippen molar-refractivity contribution < 1.29 is 8.42 Å². The van der Waals surface area contributed by atoms with Crippen molar-refractivity contribution >= 4 is 31.9 Å². The number of nitriles is 1. The number of halogens is 1. The minimum Gasteiger partial charge on any atom is -0.247 e. The number of nitrogens with one attached hydrogen (secondary N) is 1. The Morgan fingerprint density at radius 2 is 1.89 bits per heavy atom. The van der Waals surface area contributed by atoms with E-state index in [0.717, 1.165) is 0 Å². The Morgan fingerprint density at radius 1 is 1.21 bits per heavy atom. The molecular formula is C11H7BrN4O2S. The summed E-state index contributed by atoms with van der Waals surface area (Å²) in [6.07, 6.45) is 2.85. The molecule has 1 heterocycles. The number of nitrogens with zero attached hydrogens (tertiary/aromatic N) is 3. The van der Waals surface area contributed by atoms with Gasteiger partial charge in [0, 0.05) is 16.9 Å². The maximum atomic E-state index is 12.1. The van der Waals surface area contributed by atoms with Gasteiger partial charge in [0.25, 0.3) is 10.0 Å². The van der Waals surface area contributed by atoms with Crippen molar-refractivity contribution in [1.82, 2.24) is 9.97 Å². The lowest BCUT2D eigenvalue weighted by Crippen LogP contribution is -2.15. The molecule has 0 aliphatic heterocycles. The molecule has 1 aromatic carbocycles. The summed E-state index contributed by atoms with van der Waals surface area (Å²) in [4.78, 5) is 7.52. The predicted molar refractivity (Wildman–Crippen MR) is 71.7 cm³/mol. The first kappa shape index (κ1) is 13.5. The predicted octanol–water partition coefficient (Wildman–Crippen LogP) is 1.91. The van der Waals surface area contributed by atoms with Gasteiger partial charge in [0.15, 0.2) is 0 Å². The van der Waals surface area contributed by atoms with Gasteiger partial charge in [0.1, 0.15) is 0 Å². The normalized spacial score (nSPS) is 10.7. The Hall–Kier alpha value is -1.98. The highest BCUT2D eigenvalue weighted by molar-refractivity contribution is 9.10. The number of anilines is 1. The van der Waals surface area contributed by atoms with E-state index in [1.165, 1.54) is 30.6 Å². The van der Waals surface area contributed by atoms with Crippen molar-refractivity contribution in [3.8, 4) is 6.07 Å². The van der Waals surface area contributed by atoms with Gasteiger partial charge in [-0.15, -0.1) is 0 Å². The molecule has 0 saturated carbocycles. The van der Waals surface area contributed by atoms with E-state index in [-0.39, 0.29) is 16.4 Å². The molecule has 6 nitrogen and oxygen atoms in total. The lowest BCUT2D eigenvalue weighted by Gasteiger charge is -2.07. The molecule has 0 aliphatic rings. The number of sulfonamides is 1. The number of aromatic nitrogens is 2. The van der Waals surface area contributed by atoms with Crippen molar-refractivity contribution in [2.24, 2.45) is 0 Å². The fraction of sp³-hybridized carbons (Fsp3) is 0. The monoisotopic (exact) mass is 338 g/mol. The highest BCUT2D eigenvalue weighted by atomic mass is 79.9. The van der Waals surface area contributed by atoms with Gasteiger partial charge in [-0.3, -0.25) is 0 Å². The van der Waals surface area contributed by atoms with E-state index in [1.54, 1.807) is 6.07 Å². The van der Waals surface area contributed by atoms with Gasteiger partial charge in [0.05, 0.1) is 16.5 Å². The van der Waals surface area contributed by atoms with Crippen LogP contribution in [0.25, 0.3) is 0 Å². The van der Waals surface area contributed by atoms with Crippen LogP contribution in [-0.2, 0) is 10.0 Å². The van der Waals surface area contributed by atoms with Gasteiger partial charge in [0.2, 0.25) is 5.95 Å². The second-order valence-electron chi connectivity index (χ2n) is 3.47. The third-order valence-electron chi connectivity index (χ3n) is 2.10. The first-order valence-electron chi connectivity index (χ1n) is 5.02. The molecule has 0 atom stereocenters. The molecule has 96 valence electrons. The van der Waals surface area contributed by atoms with E-state index >= 15 is 0 Å². The summed E-state index contributed by atoms with van der Waals surface area (Å²) >= 11 is 3.16. The first-order chi connectivity index (χ1) is 9.01. The molecule has 0 fully saturated rings. The summed E-state index contributed by atoms with van der Waals surface area (Å²) in [6, 6.07) is 7.66. The second-order valence-corrected chi connectivity index (χ2v) is 6.06. The van der Waals surface area contributed by atoms with Gasteiger partial charge < -0.3 is 0 Å². The number of rotatable bonds is 3. The topological polar surface area (TPSA) is 95.7 Å². The molecule has 0 amide bonds. The Balaban J connectivity index is 2.40. The van der Waals surface area contributed by atoms with Crippen LogP contribution in [0, 0.1) is 11.3 Å². The van der Waals surface area contributed by atoms with Crippen LogP contribution in [0.2, 0.25) is 0 Å². The first-order valence-corrected chi connectivity index (χ1v) is 7.29. The quantitative estimate of drug-likeness (QED) is 0.922. The number of hydrogen-bond donors (Lipinski definition) is 1. The van der Waals surface area contributed by atoms with Gasteiger partial charge in [-0.05, 0) is 24.3 Å². The summed E-state index contributed by atoms with van der Waals surface area (Å²) in [5.74, 6) is -0.0269. The van der Waals surface area contributed by atoms with Crippen LogP contribution in [-0.4, -0.2) is 18.4 Å². The zero-order chi connectivity index (χ0) is 13.9. The molecule has 19 heavy (non-hydrogen) atoms. The molecular weight excluding hydrogens is 332 g/mol. The smallest absolute Gasteiger partial charge is 0.247 e. The SMILES string of the molecule is N#Cc1cc(Br)cc(S(=O)(=O)Nc2ncccn2)c1. The van der Waals surface area contributed by atoms with Crippen molar-refractivity contribution in [1.29, 1.82) is 5.26 Å². The van der Waals surface area contributed by atoms with Gasteiger partial charge in [-0.2, -0.15) is 5.26 Å². The van der Waals surface area contributed by atoms with Crippen molar-refractivity contribution in [3.05, 3.63) is 46.7 Å². The Bertz CT molecular complexity index is 741. The molecule has 0 unspecified atom stereocenters. The molecule has 1 aromatic heterocycles. The van der Waals surface area contributed by atoms with Crippen LogP contribution in [0.4, 0.5) is 5.95 Å². The van der Waals surface area contributed by atoms with Crippen LogP contribution in [0.3, 0.4) is 0 Å². The maximum Gasteiger partial charge on any atom is 0.264 e. The molecule has 0 aliphatic carbocycles. The van der Waals surface area contributed by atoms with E-state index in [2.05, 4.69) is 30.6 Å². The van der Waals surface area contributed by atoms with Crippen molar-refractivity contribution in [2.45, 2.75) is 4.90 Å². The largest absolute Gasteiger partial charge is 0.264 e. The van der Waals surface area contributed by atoms with E-state index in [9.17, 15) is 8.42 Å². The molecule has 0 spiro atoms. The Morgan fingerprint density at radius 3 is 2.53 bits per heavy atom.